The van der Waals surface area contributed by atoms with Crippen molar-refractivity contribution in [2.24, 2.45) is 0 Å². The molecule has 0 aromatic heterocycles. The first kappa shape index (κ1) is 6.82. The highest BCUT2D eigenvalue weighted by Crippen LogP contribution is 2.49. The van der Waals surface area contributed by atoms with Crippen molar-refractivity contribution in [3.05, 3.63) is 0 Å². The standard InChI is InChI=1S/C5H7O3P/c1-2-5-3-4-9(6,7)8-5/h1,5H,3-4H2,(H,6,7). The molecule has 1 rings (SSSR count). The van der Waals surface area contributed by atoms with Crippen molar-refractivity contribution in [1.29, 1.82) is 0 Å². The third kappa shape index (κ3) is 1.56. The third-order valence-electron chi connectivity index (χ3n) is 1.15. The average Bonchev–Trinajstić information content (AvgIpc) is 2.10. The van der Waals surface area contributed by atoms with E-state index in [1.54, 1.807) is 0 Å². The van der Waals surface area contributed by atoms with Gasteiger partial charge < -0.3 is 4.89 Å². The molecule has 0 aliphatic carbocycles. The molecule has 0 aromatic carbocycles. The zero-order valence-electron chi connectivity index (χ0n) is 4.78. The van der Waals surface area contributed by atoms with Gasteiger partial charge in [-0.1, -0.05) is 5.92 Å². The number of terminal acetylenes is 1. The van der Waals surface area contributed by atoms with Crippen LogP contribution in [-0.4, -0.2) is 17.2 Å². The molecule has 0 amide bonds. The van der Waals surface area contributed by atoms with Gasteiger partial charge in [0.25, 0.3) is 0 Å². The molecule has 0 bridgehead atoms. The first-order valence-electron chi connectivity index (χ1n) is 2.60. The van der Waals surface area contributed by atoms with Crippen molar-refractivity contribution < 1.29 is 14.0 Å². The highest BCUT2D eigenvalue weighted by Gasteiger charge is 2.31. The van der Waals surface area contributed by atoms with Gasteiger partial charge in [0.1, 0.15) is 6.10 Å². The molecule has 2 unspecified atom stereocenters. The van der Waals surface area contributed by atoms with Crippen LogP contribution in [0.5, 0.6) is 0 Å². The SMILES string of the molecule is C#CC1CCP(=O)(O)O1. The van der Waals surface area contributed by atoms with Gasteiger partial charge in [-0.15, -0.1) is 6.42 Å². The highest BCUT2D eigenvalue weighted by molar-refractivity contribution is 7.53. The van der Waals surface area contributed by atoms with E-state index in [0.29, 0.717) is 6.42 Å². The van der Waals surface area contributed by atoms with Crippen molar-refractivity contribution in [3.8, 4) is 12.3 Å². The van der Waals surface area contributed by atoms with Gasteiger partial charge in [0.15, 0.2) is 0 Å². The van der Waals surface area contributed by atoms with Crippen molar-refractivity contribution in [1.82, 2.24) is 0 Å². The second-order valence-corrected chi connectivity index (χ2v) is 3.84. The van der Waals surface area contributed by atoms with E-state index in [4.69, 9.17) is 11.3 Å². The first-order valence-corrected chi connectivity index (χ1v) is 4.37. The van der Waals surface area contributed by atoms with Crippen LogP contribution in [0, 0.1) is 12.3 Å². The van der Waals surface area contributed by atoms with Gasteiger partial charge in [0, 0.05) is 0 Å². The van der Waals surface area contributed by atoms with Crippen LogP contribution < -0.4 is 0 Å². The zero-order valence-corrected chi connectivity index (χ0v) is 5.67. The first-order chi connectivity index (χ1) is 4.14. The molecule has 0 radical (unpaired) electrons. The maximum Gasteiger partial charge on any atom is 0.329 e. The van der Waals surface area contributed by atoms with Crippen molar-refractivity contribution in [2.45, 2.75) is 12.5 Å². The minimum Gasteiger partial charge on any atom is -0.324 e. The molecule has 4 heteroatoms. The van der Waals surface area contributed by atoms with E-state index in [9.17, 15) is 4.57 Å². The highest BCUT2D eigenvalue weighted by atomic mass is 31.2. The van der Waals surface area contributed by atoms with E-state index in [-0.39, 0.29) is 6.16 Å². The fraction of sp³-hybridized carbons (Fsp3) is 0.600. The Kier molecular flexibility index (Phi) is 1.63. The predicted molar refractivity (Wildman–Crippen MR) is 33.0 cm³/mol. The van der Waals surface area contributed by atoms with E-state index in [0.717, 1.165) is 0 Å². The van der Waals surface area contributed by atoms with Gasteiger partial charge in [-0.3, -0.25) is 9.09 Å². The van der Waals surface area contributed by atoms with Crippen LogP contribution >= 0.6 is 7.60 Å². The lowest BCUT2D eigenvalue weighted by atomic mass is 10.3. The van der Waals surface area contributed by atoms with E-state index in [1.807, 2.05) is 0 Å². The molecule has 3 nitrogen and oxygen atoms in total. The summed E-state index contributed by atoms with van der Waals surface area (Å²) in [5, 5.41) is 0. The molecule has 2 atom stereocenters. The lowest BCUT2D eigenvalue weighted by molar-refractivity contribution is 0.252. The van der Waals surface area contributed by atoms with Crippen LogP contribution in [0.25, 0.3) is 0 Å². The molecule has 1 saturated heterocycles. The Morgan fingerprint density at radius 3 is 2.78 bits per heavy atom. The molecule has 0 spiro atoms. The van der Waals surface area contributed by atoms with Crippen molar-refractivity contribution in [2.75, 3.05) is 6.16 Å². The van der Waals surface area contributed by atoms with Crippen LogP contribution in [0.15, 0.2) is 0 Å². The Bertz CT molecular complexity index is 193. The van der Waals surface area contributed by atoms with E-state index in [1.165, 1.54) is 0 Å². The third-order valence-corrected chi connectivity index (χ3v) is 2.56. The van der Waals surface area contributed by atoms with Crippen molar-refractivity contribution >= 4 is 7.60 Å². The fourth-order valence-electron chi connectivity index (χ4n) is 0.698. The summed E-state index contributed by atoms with van der Waals surface area (Å²) in [6.07, 6.45) is 5.20. The maximum absolute atomic E-state index is 10.6. The smallest absolute Gasteiger partial charge is 0.324 e. The monoisotopic (exact) mass is 146 g/mol. The number of hydrogen-bond donors (Lipinski definition) is 1. The van der Waals surface area contributed by atoms with E-state index >= 15 is 0 Å². The molecular formula is C5H7O3P. The molecule has 1 N–H and O–H groups in total. The van der Waals surface area contributed by atoms with Gasteiger partial charge in [-0.2, -0.15) is 0 Å². The summed E-state index contributed by atoms with van der Waals surface area (Å²) in [6.45, 7) is 0. The van der Waals surface area contributed by atoms with Crippen LogP contribution in [0.3, 0.4) is 0 Å². The summed E-state index contributed by atoms with van der Waals surface area (Å²) in [5.74, 6) is 2.27. The quantitative estimate of drug-likeness (QED) is 0.402. The Morgan fingerprint density at radius 2 is 2.56 bits per heavy atom. The van der Waals surface area contributed by atoms with Crippen LogP contribution in [0.2, 0.25) is 0 Å². The maximum atomic E-state index is 10.6. The summed E-state index contributed by atoms with van der Waals surface area (Å²) in [4.78, 5) is 8.73. The Balaban J connectivity index is 2.60. The number of rotatable bonds is 0. The summed E-state index contributed by atoms with van der Waals surface area (Å²) in [6, 6.07) is 0. The molecule has 9 heavy (non-hydrogen) atoms. The molecule has 1 aliphatic heterocycles. The van der Waals surface area contributed by atoms with Crippen LogP contribution in [-0.2, 0) is 9.09 Å². The average molecular weight is 146 g/mol. The molecule has 1 aliphatic rings. The summed E-state index contributed by atoms with van der Waals surface area (Å²) in [7, 11) is -3.26. The Hall–Kier alpha value is -0.290. The van der Waals surface area contributed by atoms with Gasteiger partial charge in [-0.25, -0.2) is 0 Å². The molecule has 1 heterocycles. The van der Waals surface area contributed by atoms with Crippen LogP contribution in [0.4, 0.5) is 0 Å². The largest absolute Gasteiger partial charge is 0.329 e. The topological polar surface area (TPSA) is 46.5 Å². The van der Waals surface area contributed by atoms with Gasteiger partial charge in [-0.05, 0) is 6.42 Å². The molecular weight excluding hydrogens is 139 g/mol. The Morgan fingerprint density at radius 1 is 1.89 bits per heavy atom. The summed E-state index contributed by atoms with van der Waals surface area (Å²) < 4.78 is 15.2. The second kappa shape index (κ2) is 2.15. The normalized spacial score (nSPS) is 42.4. The molecule has 0 aromatic rings. The molecule has 0 saturated carbocycles. The predicted octanol–water partition coefficient (Wildman–Crippen LogP) is 0.594. The minimum atomic E-state index is -3.26. The second-order valence-electron chi connectivity index (χ2n) is 1.91. The number of hydrogen-bond acceptors (Lipinski definition) is 2. The fourth-order valence-corrected chi connectivity index (χ4v) is 1.93. The summed E-state index contributed by atoms with van der Waals surface area (Å²) in [5.41, 5.74) is 0. The van der Waals surface area contributed by atoms with Crippen LogP contribution in [0.1, 0.15) is 6.42 Å². The minimum absolute atomic E-state index is 0.196. The lowest BCUT2D eigenvalue weighted by Crippen LogP contribution is -1.97. The van der Waals surface area contributed by atoms with Crippen molar-refractivity contribution in [3.63, 3.8) is 0 Å². The molecule has 1 fully saturated rings. The van der Waals surface area contributed by atoms with Gasteiger partial charge >= 0.3 is 7.60 Å². The van der Waals surface area contributed by atoms with E-state index in [2.05, 4.69) is 10.4 Å². The molecule has 50 valence electrons. The van der Waals surface area contributed by atoms with Gasteiger partial charge in [0.05, 0.1) is 6.16 Å². The summed E-state index contributed by atoms with van der Waals surface area (Å²) >= 11 is 0. The zero-order chi connectivity index (χ0) is 6.91. The van der Waals surface area contributed by atoms with E-state index < -0.39 is 13.7 Å². The van der Waals surface area contributed by atoms with Gasteiger partial charge in [0.2, 0.25) is 0 Å². The Labute approximate surface area is 53.6 Å². The lowest BCUT2D eigenvalue weighted by Gasteiger charge is -2.00.